The molecule has 0 aliphatic carbocycles. The Morgan fingerprint density at radius 3 is 2.67 bits per heavy atom. The Labute approximate surface area is 148 Å². The number of nitriles is 1. The van der Waals surface area contributed by atoms with Crippen molar-refractivity contribution in [1.82, 2.24) is 10.2 Å². The number of nitrogens with zero attached hydrogens (tertiary/aromatic N) is 2. The van der Waals surface area contributed by atoms with Crippen LogP contribution in [0.5, 0.6) is 0 Å². The second-order valence-electron chi connectivity index (χ2n) is 5.73. The van der Waals surface area contributed by atoms with Crippen LogP contribution in [0, 0.1) is 11.3 Å². The minimum absolute atomic E-state index is 0.0675. The van der Waals surface area contributed by atoms with Crippen LogP contribution in [0.25, 0.3) is 0 Å². The van der Waals surface area contributed by atoms with Gasteiger partial charge in [-0.05, 0) is 36.2 Å². The molecule has 1 N–H and O–H groups in total. The number of amides is 3. The summed E-state index contributed by atoms with van der Waals surface area (Å²) in [5.74, 6) is -0.335. The maximum Gasteiger partial charge on any atom is 0.325 e. The highest BCUT2D eigenvalue weighted by atomic mass is 79.9. The van der Waals surface area contributed by atoms with E-state index in [0.717, 1.165) is 9.37 Å². The van der Waals surface area contributed by atoms with Crippen LogP contribution in [0.15, 0.2) is 53.0 Å². The number of rotatable bonds is 3. The number of hydrogen-bond donors (Lipinski definition) is 1. The molecule has 5 nitrogen and oxygen atoms in total. The van der Waals surface area contributed by atoms with Crippen molar-refractivity contribution in [2.24, 2.45) is 0 Å². The van der Waals surface area contributed by atoms with Gasteiger partial charge >= 0.3 is 6.03 Å². The van der Waals surface area contributed by atoms with Gasteiger partial charge in [-0.15, -0.1) is 0 Å². The molecule has 0 radical (unpaired) electrons. The van der Waals surface area contributed by atoms with E-state index in [4.69, 9.17) is 0 Å². The van der Waals surface area contributed by atoms with Crippen LogP contribution in [-0.4, -0.2) is 16.8 Å². The number of imide groups is 1. The highest BCUT2D eigenvalue weighted by Crippen LogP contribution is 2.31. The molecule has 0 spiro atoms. The van der Waals surface area contributed by atoms with E-state index < -0.39 is 11.6 Å². The fourth-order valence-corrected chi connectivity index (χ4v) is 3.17. The first-order chi connectivity index (χ1) is 11.5. The maximum absolute atomic E-state index is 12.9. The molecule has 0 saturated carbocycles. The Morgan fingerprint density at radius 1 is 1.21 bits per heavy atom. The third kappa shape index (κ3) is 2.68. The number of nitrogens with one attached hydrogen (secondary N) is 1. The highest BCUT2D eigenvalue weighted by molar-refractivity contribution is 9.10. The Balaban J connectivity index is 1.94. The molecule has 1 heterocycles. The number of carbonyl (C=O) groups is 2. The Morgan fingerprint density at radius 2 is 1.96 bits per heavy atom. The van der Waals surface area contributed by atoms with E-state index in [-0.39, 0.29) is 12.5 Å². The molecule has 3 amide bonds. The van der Waals surface area contributed by atoms with Crippen molar-refractivity contribution >= 4 is 27.9 Å². The molecule has 2 aromatic rings. The first-order valence-corrected chi connectivity index (χ1v) is 8.13. The van der Waals surface area contributed by atoms with E-state index in [2.05, 4.69) is 27.3 Å². The van der Waals surface area contributed by atoms with Gasteiger partial charge in [-0.3, -0.25) is 9.69 Å². The fraction of sp³-hybridized carbons (Fsp3) is 0.167. The third-order valence-corrected chi connectivity index (χ3v) is 4.64. The molecule has 120 valence electrons. The summed E-state index contributed by atoms with van der Waals surface area (Å²) in [7, 11) is 0. The minimum atomic E-state index is -1.12. The van der Waals surface area contributed by atoms with Gasteiger partial charge in [0, 0.05) is 4.47 Å². The summed E-state index contributed by atoms with van der Waals surface area (Å²) >= 11 is 3.38. The van der Waals surface area contributed by atoms with E-state index in [9.17, 15) is 14.9 Å². The topological polar surface area (TPSA) is 73.2 Å². The van der Waals surface area contributed by atoms with Crippen LogP contribution < -0.4 is 5.32 Å². The quantitative estimate of drug-likeness (QED) is 0.826. The van der Waals surface area contributed by atoms with Crippen LogP contribution in [0.3, 0.4) is 0 Å². The lowest BCUT2D eigenvalue weighted by Gasteiger charge is -2.22. The summed E-state index contributed by atoms with van der Waals surface area (Å²) < 4.78 is 0.830. The van der Waals surface area contributed by atoms with Crippen molar-refractivity contribution in [3.8, 4) is 6.07 Å². The number of urea groups is 1. The van der Waals surface area contributed by atoms with Crippen LogP contribution in [0.1, 0.15) is 23.6 Å². The van der Waals surface area contributed by atoms with Crippen LogP contribution in [0.4, 0.5) is 4.79 Å². The molecule has 2 aromatic carbocycles. The number of benzene rings is 2. The predicted molar refractivity (Wildman–Crippen MR) is 91.7 cm³/mol. The molecule has 1 aliphatic heterocycles. The molecule has 0 bridgehead atoms. The second-order valence-corrected chi connectivity index (χ2v) is 6.64. The summed E-state index contributed by atoms with van der Waals surface area (Å²) in [5.41, 5.74) is 0.671. The van der Waals surface area contributed by atoms with Gasteiger partial charge in [-0.2, -0.15) is 5.26 Å². The third-order valence-electron chi connectivity index (χ3n) is 4.14. The monoisotopic (exact) mass is 383 g/mol. The largest absolute Gasteiger partial charge is 0.325 e. The van der Waals surface area contributed by atoms with Crippen LogP contribution in [0.2, 0.25) is 0 Å². The van der Waals surface area contributed by atoms with Crippen molar-refractivity contribution in [2.45, 2.75) is 19.0 Å². The van der Waals surface area contributed by atoms with Gasteiger partial charge in [-0.1, -0.05) is 46.3 Å². The first kappa shape index (κ1) is 16.2. The number of carbonyl (C=O) groups excluding carboxylic acids is 2. The fourth-order valence-electron chi connectivity index (χ4n) is 2.77. The van der Waals surface area contributed by atoms with E-state index in [1.54, 1.807) is 37.3 Å². The SMILES string of the molecule is CC1(c2cccc(Br)c2)NC(=O)N(Cc2ccccc2C#N)C1=O. The summed E-state index contributed by atoms with van der Waals surface area (Å²) in [6, 6.07) is 15.8. The maximum atomic E-state index is 12.9. The van der Waals surface area contributed by atoms with Gasteiger partial charge in [-0.25, -0.2) is 4.79 Å². The van der Waals surface area contributed by atoms with E-state index in [0.29, 0.717) is 16.7 Å². The summed E-state index contributed by atoms with van der Waals surface area (Å²) in [6.45, 7) is 1.75. The molecule has 1 fully saturated rings. The molecule has 1 atom stereocenters. The van der Waals surface area contributed by atoms with Crippen LogP contribution >= 0.6 is 15.9 Å². The van der Waals surface area contributed by atoms with E-state index >= 15 is 0 Å². The van der Waals surface area contributed by atoms with Crippen molar-refractivity contribution in [1.29, 1.82) is 5.26 Å². The normalized spacial score (nSPS) is 20.0. The molecule has 6 heteroatoms. The average molecular weight is 384 g/mol. The van der Waals surface area contributed by atoms with E-state index in [1.807, 2.05) is 18.2 Å². The summed E-state index contributed by atoms with van der Waals surface area (Å²) in [4.78, 5) is 26.4. The minimum Gasteiger partial charge on any atom is -0.319 e. The van der Waals surface area contributed by atoms with Gasteiger partial charge in [0.2, 0.25) is 0 Å². The Hall–Kier alpha value is -2.65. The molecule has 0 aromatic heterocycles. The predicted octanol–water partition coefficient (Wildman–Crippen LogP) is 3.29. The average Bonchev–Trinajstić information content (AvgIpc) is 2.80. The van der Waals surface area contributed by atoms with Gasteiger partial charge in [0.1, 0.15) is 5.54 Å². The van der Waals surface area contributed by atoms with Crippen molar-refractivity contribution < 1.29 is 9.59 Å². The lowest BCUT2D eigenvalue weighted by atomic mass is 9.92. The highest BCUT2D eigenvalue weighted by Gasteiger charge is 2.49. The molecular weight excluding hydrogens is 370 g/mol. The Kier molecular flexibility index (Phi) is 4.12. The number of halogens is 1. The van der Waals surface area contributed by atoms with Crippen molar-refractivity contribution in [3.63, 3.8) is 0 Å². The summed E-state index contributed by atoms with van der Waals surface area (Å²) in [5, 5.41) is 11.9. The van der Waals surface area contributed by atoms with E-state index in [1.165, 1.54) is 0 Å². The molecular formula is C18H14BrN3O2. The Bertz CT molecular complexity index is 875. The standard InChI is InChI=1S/C18H14BrN3O2/c1-18(14-7-4-8-15(19)9-14)16(23)22(17(24)21-18)11-13-6-3-2-5-12(13)10-20/h2-9H,11H2,1H3,(H,21,24). The van der Waals surface area contributed by atoms with Gasteiger partial charge in [0.25, 0.3) is 5.91 Å². The molecule has 24 heavy (non-hydrogen) atoms. The number of hydrogen-bond acceptors (Lipinski definition) is 3. The van der Waals surface area contributed by atoms with Gasteiger partial charge < -0.3 is 5.32 Å². The van der Waals surface area contributed by atoms with Gasteiger partial charge in [0.15, 0.2) is 0 Å². The molecule has 1 saturated heterocycles. The van der Waals surface area contributed by atoms with Crippen molar-refractivity contribution in [2.75, 3.05) is 0 Å². The second kappa shape index (κ2) is 6.10. The molecule has 3 rings (SSSR count). The molecule has 1 aliphatic rings. The smallest absolute Gasteiger partial charge is 0.319 e. The zero-order chi connectivity index (χ0) is 17.3. The lowest BCUT2D eigenvalue weighted by molar-refractivity contribution is -0.131. The lowest BCUT2D eigenvalue weighted by Crippen LogP contribution is -2.40. The first-order valence-electron chi connectivity index (χ1n) is 7.34. The zero-order valence-corrected chi connectivity index (χ0v) is 14.5. The van der Waals surface area contributed by atoms with Gasteiger partial charge in [0.05, 0.1) is 18.2 Å². The summed E-state index contributed by atoms with van der Waals surface area (Å²) in [6.07, 6.45) is 0. The molecule has 1 unspecified atom stereocenters. The van der Waals surface area contributed by atoms with Crippen molar-refractivity contribution in [3.05, 3.63) is 69.7 Å². The zero-order valence-electron chi connectivity index (χ0n) is 12.9. The van der Waals surface area contributed by atoms with Crippen LogP contribution in [-0.2, 0) is 16.9 Å².